The molecule has 1 aromatic rings. The van der Waals surface area contributed by atoms with Crippen LogP contribution >= 0.6 is 0 Å². The van der Waals surface area contributed by atoms with Gasteiger partial charge in [-0.25, -0.2) is 0 Å². The van der Waals surface area contributed by atoms with E-state index in [0.717, 1.165) is 12.1 Å². The number of carbonyl (C=O) groups excluding carboxylic acids is 2. The SMILES string of the molecule is NC(=O)[C@]1(O)CCCN(C(=O)Cc2cccc(C(F)(F)F)c2)C1. The van der Waals surface area contributed by atoms with E-state index in [1.807, 2.05) is 0 Å². The topological polar surface area (TPSA) is 83.6 Å². The van der Waals surface area contributed by atoms with Crippen LogP contribution in [0.4, 0.5) is 13.2 Å². The zero-order valence-electron chi connectivity index (χ0n) is 12.3. The van der Waals surface area contributed by atoms with E-state index in [9.17, 15) is 27.9 Å². The summed E-state index contributed by atoms with van der Waals surface area (Å²) in [7, 11) is 0. The Balaban J connectivity index is 2.09. The van der Waals surface area contributed by atoms with E-state index < -0.39 is 29.2 Å². The Bertz CT molecular complexity index is 618. The first-order valence-corrected chi connectivity index (χ1v) is 7.08. The molecule has 5 nitrogen and oxygen atoms in total. The first kappa shape index (κ1) is 17.3. The molecule has 3 N–H and O–H groups in total. The van der Waals surface area contributed by atoms with E-state index in [4.69, 9.17) is 5.73 Å². The lowest BCUT2D eigenvalue weighted by atomic mass is 9.92. The highest BCUT2D eigenvalue weighted by Gasteiger charge is 2.40. The Morgan fingerprint density at radius 3 is 2.65 bits per heavy atom. The van der Waals surface area contributed by atoms with Gasteiger partial charge in [0, 0.05) is 6.54 Å². The number of rotatable bonds is 3. The van der Waals surface area contributed by atoms with Gasteiger partial charge in [-0.2, -0.15) is 13.2 Å². The molecule has 1 saturated heterocycles. The summed E-state index contributed by atoms with van der Waals surface area (Å²) in [5.41, 5.74) is 2.75. The standard InChI is InChI=1S/C15H17F3N2O3/c16-15(17,18)11-4-1-3-10(7-11)8-12(21)20-6-2-5-14(23,9-20)13(19)22/h1,3-4,7,23H,2,5-6,8-9H2,(H2,19,22)/t14-/m0/s1. The van der Waals surface area contributed by atoms with Gasteiger partial charge in [0.2, 0.25) is 5.91 Å². The number of nitrogens with zero attached hydrogens (tertiary/aromatic N) is 1. The van der Waals surface area contributed by atoms with Crippen molar-refractivity contribution in [3.05, 3.63) is 35.4 Å². The van der Waals surface area contributed by atoms with Crippen LogP contribution in [-0.4, -0.2) is 40.5 Å². The van der Waals surface area contributed by atoms with E-state index >= 15 is 0 Å². The van der Waals surface area contributed by atoms with Gasteiger partial charge >= 0.3 is 6.18 Å². The number of amides is 2. The fourth-order valence-electron chi connectivity index (χ4n) is 2.59. The number of halogens is 3. The van der Waals surface area contributed by atoms with Crippen molar-refractivity contribution < 1.29 is 27.9 Å². The van der Waals surface area contributed by atoms with Gasteiger partial charge in [0.15, 0.2) is 5.60 Å². The maximum Gasteiger partial charge on any atom is 0.416 e. The molecular formula is C15H17F3N2O3. The third kappa shape index (κ3) is 4.01. The highest BCUT2D eigenvalue weighted by Crippen LogP contribution is 2.30. The maximum absolute atomic E-state index is 12.7. The van der Waals surface area contributed by atoms with Crippen LogP contribution in [0.1, 0.15) is 24.0 Å². The van der Waals surface area contributed by atoms with Crippen LogP contribution in [0.2, 0.25) is 0 Å². The maximum atomic E-state index is 12.7. The first-order valence-electron chi connectivity index (χ1n) is 7.08. The first-order chi connectivity index (χ1) is 10.6. The highest BCUT2D eigenvalue weighted by atomic mass is 19.4. The smallest absolute Gasteiger partial charge is 0.378 e. The molecule has 2 amide bonds. The monoisotopic (exact) mass is 330 g/mol. The molecule has 1 aliphatic rings. The minimum Gasteiger partial charge on any atom is -0.378 e. The van der Waals surface area contributed by atoms with Gasteiger partial charge in [-0.1, -0.05) is 18.2 Å². The summed E-state index contributed by atoms with van der Waals surface area (Å²) in [4.78, 5) is 24.7. The van der Waals surface area contributed by atoms with Crippen molar-refractivity contribution in [2.75, 3.05) is 13.1 Å². The molecule has 0 aliphatic carbocycles. The van der Waals surface area contributed by atoms with Gasteiger partial charge in [0.25, 0.3) is 5.91 Å². The second-order valence-electron chi connectivity index (χ2n) is 5.69. The van der Waals surface area contributed by atoms with Crippen LogP contribution in [0.5, 0.6) is 0 Å². The van der Waals surface area contributed by atoms with Crippen molar-refractivity contribution in [1.29, 1.82) is 0 Å². The normalized spacial score (nSPS) is 22.0. The second kappa shape index (κ2) is 6.19. The lowest BCUT2D eigenvalue weighted by Gasteiger charge is -2.37. The summed E-state index contributed by atoms with van der Waals surface area (Å²) >= 11 is 0. The number of benzene rings is 1. The number of nitrogens with two attached hydrogens (primary N) is 1. The van der Waals surface area contributed by atoms with Gasteiger partial charge in [0.1, 0.15) is 0 Å². The molecule has 0 spiro atoms. The largest absolute Gasteiger partial charge is 0.416 e. The molecule has 126 valence electrons. The molecule has 1 aliphatic heterocycles. The van der Waals surface area contributed by atoms with E-state index in [1.54, 1.807) is 0 Å². The molecule has 1 fully saturated rings. The second-order valence-corrected chi connectivity index (χ2v) is 5.69. The molecule has 1 aromatic carbocycles. The summed E-state index contributed by atoms with van der Waals surface area (Å²) in [5.74, 6) is -1.36. The summed E-state index contributed by atoms with van der Waals surface area (Å²) in [6.45, 7) is 0.0908. The molecular weight excluding hydrogens is 313 g/mol. The zero-order valence-corrected chi connectivity index (χ0v) is 12.3. The lowest BCUT2D eigenvalue weighted by Crippen LogP contribution is -2.57. The van der Waals surface area contributed by atoms with Crippen LogP contribution in [0.25, 0.3) is 0 Å². The van der Waals surface area contributed by atoms with Gasteiger partial charge < -0.3 is 15.7 Å². The van der Waals surface area contributed by atoms with Gasteiger partial charge in [-0.15, -0.1) is 0 Å². The van der Waals surface area contributed by atoms with E-state index in [-0.39, 0.29) is 24.9 Å². The van der Waals surface area contributed by atoms with E-state index in [2.05, 4.69) is 0 Å². The number of likely N-dealkylation sites (tertiary alicyclic amines) is 1. The highest BCUT2D eigenvalue weighted by molar-refractivity contribution is 5.85. The average molecular weight is 330 g/mol. The van der Waals surface area contributed by atoms with Crippen LogP contribution in [0, 0.1) is 0 Å². The molecule has 1 atom stereocenters. The third-order valence-electron chi connectivity index (χ3n) is 3.89. The number of alkyl halides is 3. The third-order valence-corrected chi connectivity index (χ3v) is 3.89. The molecule has 23 heavy (non-hydrogen) atoms. The number of β-amino-alcohol motifs (C(OH)–C–C–N with tert-alkyl or cyclic N) is 1. The van der Waals surface area contributed by atoms with Gasteiger partial charge in [-0.05, 0) is 24.5 Å². The predicted octanol–water partition coefficient (Wildman–Crippen LogP) is 1.09. The summed E-state index contributed by atoms with van der Waals surface area (Å²) < 4.78 is 38.0. The Hall–Kier alpha value is -2.09. The van der Waals surface area contributed by atoms with Gasteiger partial charge in [-0.3, -0.25) is 9.59 Å². The number of aliphatic hydroxyl groups is 1. The quantitative estimate of drug-likeness (QED) is 0.870. The van der Waals surface area contributed by atoms with Crippen LogP contribution in [0.3, 0.4) is 0 Å². The molecule has 0 bridgehead atoms. The zero-order chi connectivity index (χ0) is 17.3. The van der Waals surface area contributed by atoms with Crippen molar-refractivity contribution >= 4 is 11.8 Å². The predicted molar refractivity (Wildman–Crippen MR) is 75.1 cm³/mol. The molecule has 0 unspecified atom stereocenters. The average Bonchev–Trinajstić information content (AvgIpc) is 2.46. The van der Waals surface area contributed by atoms with E-state index in [1.165, 1.54) is 17.0 Å². The molecule has 1 heterocycles. The van der Waals surface area contributed by atoms with Crippen molar-refractivity contribution in [2.24, 2.45) is 5.73 Å². The number of piperidine rings is 1. The Labute approximate surface area is 130 Å². The van der Waals surface area contributed by atoms with Crippen LogP contribution in [0.15, 0.2) is 24.3 Å². The summed E-state index contributed by atoms with van der Waals surface area (Å²) in [6, 6.07) is 4.52. The number of carbonyl (C=O) groups is 2. The number of hydrogen-bond acceptors (Lipinski definition) is 3. The lowest BCUT2D eigenvalue weighted by molar-refractivity contribution is -0.148. The Kier molecular flexibility index (Phi) is 4.65. The minimum atomic E-state index is -4.48. The fraction of sp³-hybridized carbons (Fsp3) is 0.467. The molecule has 0 aromatic heterocycles. The minimum absolute atomic E-state index is 0.162. The molecule has 0 radical (unpaired) electrons. The number of hydrogen-bond donors (Lipinski definition) is 2. The van der Waals surface area contributed by atoms with Crippen molar-refractivity contribution in [3.8, 4) is 0 Å². The summed E-state index contributed by atoms with van der Waals surface area (Å²) in [6.07, 6.45) is -4.15. The van der Waals surface area contributed by atoms with Crippen molar-refractivity contribution in [3.63, 3.8) is 0 Å². The van der Waals surface area contributed by atoms with Crippen molar-refractivity contribution in [1.82, 2.24) is 4.90 Å². The van der Waals surface area contributed by atoms with Gasteiger partial charge in [0.05, 0.1) is 18.5 Å². The molecule has 8 heteroatoms. The van der Waals surface area contributed by atoms with Crippen LogP contribution < -0.4 is 5.73 Å². The fourth-order valence-corrected chi connectivity index (χ4v) is 2.59. The molecule has 0 saturated carbocycles. The van der Waals surface area contributed by atoms with E-state index in [0.29, 0.717) is 13.0 Å². The van der Waals surface area contributed by atoms with Crippen molar-refractivity contribution in [2.45, 2.75) is 31.0 Å². The van der Waals surface area contributed by atoms with Crippen LogP contribution in [-0.2, 0) is 22.2 Å². The Morgan fingerprint density at radius 1 is 1.35 bits per heavy atom. The Morgan fingerprint density at radius 2 is 2.04 bits per heavy atom. The molecule has 2 rings (SSSR count). The number of primary amides is 1. The summed E-state index contributed by atoms with van der Waals surface area (Å²) in [5, 5.41) is 10.1.